The molecule has 0 saturated heterocycles. The van der Waals surface area contributed by atoms with E-state index in [1.54, 1.807) is 0 Å². The maximum atomic E-state index is 12.2. The van der Waals surface area contributed by atoms with Crippen molar-refractivity contribution in [3.05, 3.63) is 18.2 Å². The van der Waals surface area contributed by atoms with Gasteiger partial charge in [-0.2, -0.15) is 4.72 Å². The van der Waals surface area contributed by atoms with Gasteiger partial charge < -0.3 is 19.7 Å². The Morgan fingerprint density at radius 3 is 2.48 bits per heavy atom. The summed E-state index contributed by atoms with van der Waals surface area (Å²) in [5.41, 5.74) is 0. The molecule has 0 unspecified atom stereocenters. The van der Waals surface area contributed by atoms with E-state index in [-0.39, 0.29) is 17.1 Å². The summed E-state index contributed by atoms with van der Waals surface area (Å²) in [6.07, 6.45) is -0.243. The molecule has 0 fully saturated rings. The number of benzene rings is 1. The Morgan fingerprint density at radius 1 is 1.33 bits per heavy atom. The van der Waals surface area contributed by atoms with Crippen molar-refractivity contribution in [2.75, 3.05) is 20.8 Å². The molecule has 0 aliphatic carbocycles. The number of nitrogens with one attached hydrogen (secondary N) is 1. The van der Waals surface area contributed by atoms with E-state index >= 15 is 0 Å². The molecule has 0 aromatic heterocycles. The maximum Gasteiger partial charge on any atom is 0.321 e. The van der Waals surface area contributed by atoms with Gasteiger partial charge in [-0.25, -0.2) is 8.42 Å². The first-order valence-corrected chi connectivity index (χ1v) is 7.42. The molecule has 3 N–H and O–H groups in total. The maximum absolute atomic E-state index is 12.2. The summed E-state index contributed by atoms with van der Waals surface area (Å²) in [6.45, 7) is -0.459. The highest BCUT2D eigenvalue weighted by atomic mass is 32.2. The molecule has 1 rings (SSSR count). The molecule has 0 saturated carbocycles. The van der Waals surface area contributed by atoms with Crippen LogP contribution in [0.5, 0.6) is 11.5 Å². The predicted molar refractivity (Wildman–Crippen MR) is 73.0 cm³/mol. The van der Waals surface area contributed by atoms with Crippen LogP contribution in [0.2, 0.25) is 0 Å². The summed E-state index contributed by atoms with van der Waals surface area (Å²) in [6, 6.07) is 2.61. The van der Waals surface area contributed by atoms with Gasteiger partial charge in [-0.3, -0.25) is 4.79 Å². The van der Waals surface area contributed by atoms with Crippen molar-refractivity contribution in [3.8, 4) is 11.5 Å². The largest absolute Gasteiger partial charge is 0.497 e. The molecule has 0 aliphatic heterocycles. The molecule has 118 valence electrons. The fraction of sp³-hybridized carbons (Fsp3) is 0.417. The zero-order chi connectivity index (χ0) is 16.0. The number of sulfonamides is 1. The lowest BCUT2D eigenvalue weighted by Crippen LogP contribution is -2.41. The molecule has 0 heterocycles. The normalized spacial score (nSPS) is 12.7. The molecular weight excluding hydrogens is 302 g/mol. The number of methoxy groups -OCH3 is 2. The highest BCUT2D eigenvalue weighted by molar-refractivity contribution is 7.89. The van der Waals surface area contributed by atoms with Crippen molar-refractivity contribution in [2.24, 2.45) is 0 Å². The first-order chi connectivity index (χ1) is 9.85. The summed E-state index contributed by atoms with van der Waals surface area (Å²) < 4.78 is 36.4. The van der Waals surface area contributed by atoms with Gasteiger partial charge in [-0.05, 0) is 18.6 Å². The first kappa shape index (κ1) is 17.2. The molecule has 0 radical (unpaired) electrons. The number of carboxylic acid groups (broad SMARTS) is 1. The number of aliphatic carboxylic acids is 1. The van der Waals surface area contributed by atoms with Gasteiger partial charge in [0, 0.05) is 12.7 Å². The Kier molecular flexibility index (Phi) is 5.94. The molecule has 0 aliphatic rings. The van der Waals surface area contributed by atoms with Crippen molar-refractivity contribution in [3.63, 3.8) is 0 Å². The average molecular weight is 319 g/mol. The molecule has 0 amide bonds. The number of hydrogen-bond donors (Lipinski definition) is 3. The molecule has 1 aromatic rings. The highest BCUT2D eigenvalue weighted by Crippen LogP contribution is 2.28. The van der Waals surface area contributed by atoms with Crippen LogP contribution in [0.25, 0.3) is 0 Å². The Hall–Kier alpha value is -1.84. The van der Waals surface area contributed by atoms with Crippen LogP contribution in [0.3, 0.4) is 0 Å². The van der Waals surface area contributed by atoms with E-state index in [4.69, 9.17) is 19.7 Å². The number of carboxylic acids is 1. The van der Waals surface area contributed by atoms with Gasteiger partial charge in [0.1, 0.15) is 22.4 Å². The van der Waals surface area contributed by atoms with Gasteiger partial charge in [0.25, 0.3) is 0 Å². The van der Waals surface area contributed by atoms with Crippen molar-refractivity contribution < 1.29 is 32.9 Å². The minimum absolute atomic E-state index is 0.0231. The third kappa shape index (κ3) is 4.31. The minimum Gasteiger partial charge on any atom is -0.497 e. The van der Waals surface area contributed by atoms with Crippen LogP contribution in [0.4, 0.5) is 0 Å². The van der Waals surface area contributed by atoms with E-state index < -0.39 is 28.6 Å². The van der Waals surface area contributed by atoms with Gasteiger partial charge in [0.05, 0.1) is 14.2 Å². The third-order valence-electron chi connectivity index (χ3n) is 2.67. The fourth-order valence-corrected chi connectivity index (χ4v) is 2.98. The predicted octanol–water partition coefficient (Wildman–Crippen LogP) is -0.182. The van der Waals surface area contributed by atoms with Crippen molar-refractivity contribution in [2.45, 2.75) is 17.4 Å². The number of ether oxygens (including phenoxy) is 2. The van der Waals surface area contributed by atoms with Gasteiger partial charge in [-0.15, -0.1) is 0 Å². The van der Waals surface area contributed by atoms with Crippen molar-refractivity contribution in [1.82, 2.24) is 4.72 Å². The van der Waals surface area contributed by atoms with Gasteiger partial charge >= 0.3 is 5.97 Å². The molecule has 8 nitrogen and oxygen atoms in total. The number of carbonyl (C=O) groups is 1. The van der Waals surface area contributed by atoms with E-state index in [0.29, 0.717) is 5.75 Å². The Balaban J connectivity index is 3.15. The van der Waals surface area contributed by atoms with Crippen LogP contribution in [-0.4, -0.2) is 51.5 Å². The summed E-state index contributed by atoms with van der Waals surface area (Å²) in [4.78, 5) is 10.8. The Bertz CT molecular complexity index is 600. The van der Waals surface area contributed by atoms with Gasteiger partial charge in [0.2, 0.25) is 10.0 Å². The second kappa shape index (κ2) is 7.25. The second-order valence-corrected chi connectivity index (χ2v) is 5.72. The van der Waals surface area contributed by atoms with Gasteiger partial charge in [-0.1, -0.05) is 0 Å². The molecule has 1 atom stereocenters. The third-order valence-corrected chi connectivity index (χ3v) is 4.18. The monoisotopic (exact) mass is 319 g/mol. The van der Waals surface area contributed by atoms with Crippen LogP contribution in [0.1, 0.15) is 6.42 Å². The zero-order valence-electron chi connectivity index (χ0n) is 11.6. The topological polar surface area (TPSA) is 122 Å². The number of rotatable bonds is 8. The smallest absolute Gasteiger partial charge is 0.321 e. The van der Waals surface area contributed by atoms with Crippen LogP contribution in [0.15, 0.2) is 23.1 Å². The lowest BCUT2D eigenvalue weighted by atomic mass is 10.2. The zero-order valence-corrected chi connectivity index (χ0v) is 12.4. The van der Waals surface area contributed by atoms with E-state index in [9.17, 15) is 13.2 Å². The van der Waals surface area contributed by atoms with Crippen molar-refractivity contribution >= 4 is 16.0 Å². The number of aliphatic hydroxyl groups excluding tert-OH is 1. The van der Waals surface area contributed by atoms with E-state index in [2.05, 4.69) is 0 Å². The lowest BCUT2D eigenvalue weighted by molar-refractivity contribution is -0.139. The van der Waals surface area contributed by atoms with Crippen molar-refractivity contribution in [1.29, 1.82) is 0 Å². The first-order valence-electron chi connectivity index (χ1n) is 5.93. The molecule has 0 bridgehead atoms. The molecule has 9 heteroatoms. The Morgan fingerprint density at radius 2 is 2.00 bits per heavy atom. The molecular formula is C12H17NO7S. The van der Waals surface area contributed by atoms with E-state index in [0.717, 1.165) is 0 Å². The summed E-state index contributed by atoms with van der Waals surface area (Å²) in [7, 11) is -1.41. The quantitative estimate of drug-likeness (QED) is 0.607. The molecule has 1 aromatic carbocycles. The number of aliphatic hydroxyl groups is 1. The average Bonchev–Trinajstić information content (AvgIpc) is 2.45. The van der Waals surface area contributed by atoms with Crippen LogP contribution < -0.4 is 14.2 Å². The summed E-state index contributed by atoms with van der Waals surface area (Å²) in [5, 5.41) is 17.7. The fourth-order valence-electron chi connectivity index (χ4n) is 1.61. The highest BCUT2D eigenvalue weighted by Gasteiger charge is 2.27. The lowest BCUT2D eigenvalue weighted by Gasteiger charge is -2.16. The molecule has 21 heavy (non-hydrogen) atoms. The van der Waals surface area contributed by atoms with E-state index in [1.807, 2.05) is 4.72 Å². The Labute approximate surface area is 122 Å². The van der Waals surface area contributed by atoms with E-state index in [1.165, 1.54) is 32.4 Å². The van der Waals surface area contributed by atoms with Crippen LogP contribution in [-0.2, 0) is 14.8 Å². The van der Waals surface area contributed by atoms with Gasteiger partial charge in [0.15, 0.2) is 0 Å². The molecule has 0 spiro atoms. The SMILES string of the molecule is COc1ccc(S(=O)(=O)N[C@@H](CCO)C(=O)O)c(OC)c1. The minimum atomic E-state index is -4.12. The second-order valence-electron chi connectivity index (χ2n) is 4.04. The van der Waals surface area contributed by atoms with Crippen LogP contribution in [0, 0.1) is 0 Å². The summed E-state index contributed by atoms with van der Waals surface area (Å²) >= 11 is 0. The summed E-state index contributed by atoms with van der Waals surface area (Å²) in [5.74, 6) is -0.953. The number of hydrogen-bond acceptors (Lipinski definition) is 6. The standard InChI is InChI=1S/C12H17NO7S/c1-19-8-3-4-11(10(7-8)20-2)21(17,18)13-9(5-6-14)12(15)16/h3-4,7,9,13-14H,5-6H2,1-2H3,(H,15,16)/t9-/m0/s1. The van der Waals surface area contributed by atoms with Crippen LogP contribution >= 0.6 is 0 Å².